The molecule has 5 heteroatoms. The standard InChI is InChI=1S/C19H32O4S/c1-3-4-5-6-7-8-9-10-11-12-13-17(22-15(2)24)16-14-18(20)23-19(16)21/h14,17,19,21H,3-13H2,1-2H3. The van der Waals surface area contributed by atoms with E-state index in [4.69, 9.17) is 21.7 Å². The van der Waals surface area contributed by atoms with Gasteiger partial charge in [-0.2, -0.15) is 0 Å². The van der Waals surface area contributed by atoms with Crippen LogP contribution in [0.1, 0.15) is 84.5 Å². The fraction of sp³-hybridized carbons (Fsp3) is 0.789. The molecule has 1 aliphatic rings. The van der Waals surface area contributed by atoms with Crippen molar-refractivity contribution in [2.24, 2.45) is 0 Å². The van der Waals surface area contributed by atoms with Gasteiger partial charge in [-0.05, 0) is 25.1 Å². The van der Waals surface area contributed by atoms with Gasteiger partial charge in [-0.25, -0.2) is 4.79 Å². The van der Waals surface area contributed by atoms with E-state index >= 15 is 0 Å². The van der Waals surface area contributed by atoms with Crippen LogP contribution in [0.4, 0.5) is 0 Å². The first-order valence-electron chi connectivity index (χ1n) is 9.32. The Labute approximate surface area is 151 Å². The van der Waals surface area contributed by atoms with Gasteiger partial charge in [0.15, 0.2) is 5.05 Å². The lowest BCUT2D eigenvalue weighted by atomic mass is 10.0. The predicted molar refractivity (Wildman–Crippen MR) is 99.8 cm³/mol. The first-order valence-corrected chi connectivity index (χ1v) is 9.72. The topological polar surface area (TPSA) is 55.8 Å². The number of carbonyl (C=O) groups is 1. The van der Waals surface area contributed by atoms with Crippen molar-refractivity contribution in [2.45, 2.75) is 96.9 Å². The highest BCUT2D eigenvalue weighted by atomic mass is 32.1. The fourth-order valence-electron chi connectivity index (χ4n) is 2.98. The van der Waals surface area contributed by atoms with Crippen LogP contribution >= 0.6 is 12.2 Å². The van der Waals surface area contributed by atoms with Gasteiger partial charge in [0.1, 0.15) is 6.10 Å². The van der Waals surface area contributed by atoms with E-state index in [1.807, 2.05) is 0 Å². The minimum absolute atomic E-state index is 0.363. The molecule has 2 atom stereocenters. The van der Waals surface area contributed by atoms with Gasteiger partial charge < -0.3 is 14.6 Å². The largest absolute Gasteiger partial charge is 0.480 e. The van der Waals surface area contributed by atoms with Gasteiger partial charge in [0, 0.05) is 18.6 Å². The zero-order chi connectivity index (χ0) is 17.8. The number of aliphatic hydroxyl groups excluding tert-OH is 1. The summed E-state index contributed by atoms with van der Waals surface area (Å²) in [4.78, 5) is 11.2. The number of rotatable bonds is 13. The number of carbonyl (C=O) groups excluding carboxylic acids is 1. The van der Waals surface area contributed by atoms with Crippen molar-refractivity contribution in [3.05, 3.63) is 11.6 Å². The maximum absolute atomic E-state index is 11.2. The van der Waals surface area contributed by atoms with E-state index in [0.717, 1.165) is 19.3 Å². The number of hydrogen-bond acceptors (Lipinski definition) is 5. The second-order valence-electron chi connectivity index (χ2n) is 6.50. The summed E-state index contributed by atoms with van der Waals surface area (Å²) in [5.74, 6) is -0.517. The van der Waals surface area contributed by atoms with Gasteiger partial charge in [-0.1, -0.05) is 64.7 Å². The van der Waals surface area contributed by atoms with Crippen LogP contribution in [-0.2, 0) is 14.3 Å². The average molecular weight is 357 g/mol. The third kappa shape index (κ3) is 8.78. The molecule has 1 aliphatic heterocycles. The van der Waals surface area contributed by atoms with Gasteiger partial charge in [0.05, 0.1) is 0 Å². The van der Waals surface area contributed by atoms with Crippen molar-refractivity contribution in [3.63, 3.8) is 0 Å². The lowest BCUT2D eigenvalue weighted by Gasteiger charge is -2.20. The van der Waals surface area contributed by atoms with Crippen molar-refractivity contribution in [1.29, 1.82) is 0 Å². The van der Waals surface area contributed by atoms with Gasteiger partial charge in [0.2, 0.25) is 6.29 Å². The first kappa shape index (κ1) is 21.1. The Bertz CT molecular complexity index is 420. The average Bonchev–Trinajstić information content (AvgIpc) is 2.86. The second-order valence-corrected chi connectivity index (χ2v) is 7.08. The Morgan fingerprint density at radius 3 is 2.17 bits per heavy atom. The van der Waals surface area contributed by atoms with Crippen LogP contribution in [0, 0.1) is 0 Å². The van der Waals surface area contributed by atoms with E-state index < -0.39 is 12.3 Å². The van der Waals surface area contributed by atoms with Crippen molar-refractivity contribution in [2.75, 3.05) is 0 Å². The molecule has 2 unspecified atom stereocenters. The number of unbranched alkanes of at least 4 members (excludes halogenated alkanes) is 9. The highest BCUT2D eigenvalue weighted by molar-refractivity contribution is 7.80. The summed E-state index contributed by atoms with van der Waals surface area (Å²) in [7, 11) is 0. The molecule has 0 aliphatic carbocycles. The molecule has 0 aromatic carbocycles. The number of esters is 1. The molecule has 1 heterocycles. The number of ether oxygens (including phenoxy) is 2. The van der Waals surface area contributed by atoms with Gasteiger partial charge in [0.25, 0.3) is 0 Å². The molecule has 0 radical (unpaired) electrons. The van der Waals surface area contributed by atoms with Gasteiger partial charge >= 0.3 is 5.97 Å². The molecule has 0 saturated heterocycles. The SMILES string of the molecule is CCCCCCCCCCCCC(OC(C)=S)C1=CC(=O)OC1O. The summed E-state index contributed by atoms with van der Waals surface area (Å²) in [5.41, 5.74) is 0.486. The van der Waals surface area contributed by atoms with E-state index in [2.05, 4.69) is 6.92 Å². The third-order valence-electron chi connectivity index (χ3n) is 4.30. The molecule has 0 bridgehead atoms. The van der Waals surface area contributed by atoms with Crippen LogP contribution in [0.5, 0.6) is 0 Å². The molecule has 0 saturated carbocycles. The molecule has 0 spiro atoms. The molecular formula is C19H32O4S. The Balaban J connectivity index is 2.18. The van der Waals surface area contributed by atoms with E-state index in [1.54, 1.807) is 6.92 Å². The smallest absolute Gasteiger partial charge is 0.333 e. The molecule has 0 fully saturated rings. The molecule has 1 N–H and O–H groups in total. The molecule has 138 valence electrons. The van der Waals surface area contributed by atoms with Crippen LogP contribution in [0.15, 0.2) is 11.6 Å². The maximum Gasteiger partial charge on any atom is 0.333 e. The summed E-state index contributed by atoms with van der Waals surface area (Å²) in [6, 6.07) is 0. The molecule has 1 rings (SSSR count). The van der Waals surface area contributed by atoms with Gasteiger partial charge in [-0.15, -0.1) is 0 Å². The van der Waals surface area contributed by atoms with Crippen LogP contribution in [0.25, 0.3) is 0 Å². The summed E-state index contributed by atoms with van der Waals surface area (Å²) in [6.45, 7) is 3.94. The molecule has 0 amide bonds. The Morgan fingerprint density at radius 2 is 1.71 bits per heavy atom. The fourth-order valence-corrected chi connectivity index (χ4v) is 3.10. The zero-order valence-electron chi connectivity index (χ0n) is 15.1. The monoisotopic (exact) mass is 356 g/mol. The predicted octanol–water partition coefficient (Wildman–Crippen LogP) is 4.83. The lowest BCUT2D eigenvalue weighted by molar-refractivity contribution is -0.151. The first-order chi connectivity index (χ1) is 11.5. The highest BCUT2D eigenvalue weighted by Crippen LogP contribution is 2.24. The molecule has 0 aromatic heterocycles. The van der Waals surface area contributed by atoms with Crippen molar-refractivity contribution < 1.29 is 19.4 Å². The van der Waals surface area contributed by atoms with Gasteiger partial charge in [-0.3, -0.25) is 0 Å². The Kier molecular flexibility index (Phi) is 10.9. The maximum atomic E-state index is 11.2. The second kappa shape index (κ2) is 12.4. The van der Waals surface area contributed by atoms with E-state index in [0.29, 0.717) is 10.6 Å². The van der Waals surface area contributed by atoms with Crippen molar-refractivity contribution >= 4 is 23.2 Å². The summed E-state index contributed by atoms with van der Waals surface area (Å²) in [6.07, 6.45) is 13.1. The van der Waals surface area contributed by atoms with E-state index in [-0.39, 0.29) is 6.10 Å². The summed E-state index contributed by atoms with van der Waals surface area (Å²) < 4.78 is 10.3. The number of hydrogen-bond donors (Lipinski definition) is 1. The highest BCUT2D eigenvalue weighted by Gasteiger charge is 2.31. The Hall–Kier alpha value is -0.940. The minimum atomic E-state index is -1.19. The van der Waals surface area contributed by atoms with Crippen molar-refractivity contribution in [1.82, 2.24) is 0 Å². The van der Waals surface area contributed by atoms with Crippen molar-refractivity contribution in [3.8, 4) is 0 Å². The molecule has 4 nitrogen and oxygen atoms in total. The number of cyclic esters (lactones) is 1. The van der Waals surface area contributed by atoms with E-state index in [9.17, 15) is 9.90 Å². The number of thiocarbonyl (C=S) groups is 1. The van der Waals surface area contributed by atoms with Crippen LogP contribution < -0.4 is 0 Å². The molecule has 0 aromatic rings. The van der Waals surface area contributed by atoms with Crippen LogP contribution in [-0.4, -0.2) is 28.5 Å². The van der Waals surface area contributed by atoms with Crippen LogP contribution in [0.3, 0.4) is 0 Å². The van der Waals surface area contributed by atoms with E-state index in [1.165, 1.54) is 57.4 Å². The lowest BCUT2D eigenvalue weighted by Crippen LogP contribution is -2.25. The molecular weight excluding hydrogens is 324 g/mol. The minimum Gasteiger partial charge on any atom is -0.480 e. The molecule has 24 heavy (non-hydrogen) atoms. The quantitative estimate of drug-likeness (QED) is 0.291. The normalized spacial score (nSPS) is 18.2. The third-order valence-corrected chi connectivity index (χ3v) is 4.39. The summed E-state index contributed by atoms with van der Waals surface area (Å²) in [5, 5.41) is 10.2. The zero-order valence-corrected chi connectivity index (χ0v) is 15.9. The number of aliphatic hydroxyl groups is 1. The Morgan fingerprint density at radius 1 is 1.17 bits per heavy atom. The summed E-state index contributed by atoms with van der Waals surface area (Å²) >= 11 is 5.00. The van der Waals surface area contributed by atoms with Crippen LogP contribution in [0.2, 0.25) is 0 Å².